The van der Waals surface area contributed by atoms with Gasteiger partial charge >= 0.3 is 0 Å². The van der Waals surface area contributed by atoms with E-state index in [-0.39, 0.29) is 11.6 Å². The van der Waals surface area contributed by atoms with Crippen molar-refractivity contribution in [3.05, 3.63) is 23.8 Å². The van der Waals surface area contributed by atoms with Crippen molar-refractivity contribution in [2.75, 3.05) is 13.4 Å². The molecule has 17 heavy (non-hydrogen) atoms. The van der Waals surface area contributed by atoms with E-state index in [0.29, 0.717) is 17.6 Å². The molecule has 0 aliphatic rings. The van der Waals surface area contributed by atoms with Crippen molar-refractivity contribution >= 4 is 16.0 Å². The Morgan fingerprint density at radius 2 is 1.94 bits per heavy atom. The van der Waals surface area contributed by atoms with E-state index in [1.54, 1.807) is 6.07 Å². The Labute approximate surface area is 99.1 Å². The molecule has 1 aromatic carbocycles. The molecular formula is C9H14N2O5S. The Morgan fingerprint density at radius 1 is 1.47 bits per heavy atom. The molecule has 7 nitrogen and oxygen atoms in total. The third kappa shape index (κ3) is 7.14. The van der Waals surface area contributed by atoms with E-state index in [2.05, 4.69) is 0 Å². The lowest BCUT2D eigenvalue weighted by atomic mass is 10.2. The van der Waals surface area contributed by atoms with Crippen molar-refractivity contribution in [3.8, 4) is 11.5 Å². The molecule has 1 rings (SSSR count). The highest BCUT2D eigenvalue weighted by Gasteiger charge is 2.03. The van der Waals surface area contributed by atoms with Crippen molar-refractivity contribution in [3.63, 3.8) is 0 Å². The number of amidine groups is 1. The smallest absolute Gasteiger partial charge is 0.261 e. The number of nitrogens with two attached hydrogens (primary N) is 1. The van der Waals surface area contributed by atoms with Crippen LogP contribution in [0.1, 0.15) is 5.56 Å². The summed E-state index contributed by atoms with van der Waals surface area (Å²) >= 11 is 0. The minimum Gasteiger partial charge on any atom is -0.504 e. The second-order valence-corrected chi connectivity index (χ2v) is 4.50. The molecule has 1 aromatic rings. The van der Waals surface area contributed by atoms with Gasteiger partial charge in [0.25, 0.3) is 10.1 Å². The number of nitrogen functional groups attached to an aromatic ring is 1. The number of phenolic OH excluding ortho intramolecular Hbond substituents is 1. The van der Waals surface area contributed by atoms with Gasteiger partial charge in [-0.2, -0.15) is 8.42 Å². The number of nitrogens with one attached hydrogen (secondary N) is 1. The number of aromatic hydroxyl groups is 1. The summed E-state index contributed by atoms with van der Waals surface area (Å²) < 4.78 is 30.7. The first-order chi connectivity index (χ1) is 7.65. The number of hydrogen-bond donors (Lipinski definition) is 4. The van der Waals surface area contributed by atoms with Gasteiger partial charge in [0.2, 0.25) is 0 Å². The molecule has 5 N–H and O–H groups in total. The maximum absolute atomic E-state index is 9.19. The molecule has 0 aromatic heterocycles. The van der Waals surface area contributed by atoms with Gasteiger partial charge in [0.05, 0.1) is 13.4 Å². The van der Waals surface area contributed by atoms with E-state index < -0.39 is 10.1 Å². The molecule has 0 aliphatic carbocycles. The van der Waals surface area contributed by atoms with Gasteiger partial charge in [0.1, 0.15) is 5.84 Å². The molecule has 0 spiro atoms. The van der Waals surface area contributed by atoms with Crippen molar-refractivity contribution in [2.24, 2.45) is 5.73 Å². The van der Waals surface area contributed by atoms with E-state index in [1.165, 1.54) is 19.2 Å². The minimum absolute atomic E-state index is 0.0440. The summed E-state index contributed by atoms with van der Waals surface area (Å²) in [4.78, 5) is 0. The van der Waals surface area contributed by atoms with Crippen LogP contribution in [0.4, 0.5) is 0 Å². The van der Waals surface area contributed by atoms with Crippen LogP contribution >= 0.6 is 0 Å². The fourth-order valence-electron chi connectivity index (χ4n) is 0.845. The first-order valence-electron chi connectivity index (χ1n) is 4.29. The van der Waals surface area contributed by atoms with Crippen LogP contribution in [-0.4, -0.2) is 37.3 Å². The molecule has 0 heterocycles. The highest BCUT2D eigenvalue weighted by molar-refractivity contribution is 7.85. The predicted molar refractivity (Wildman–Crippen MR) is 63.1 cm³/mol. The topological polar surface area (TPSA) is 134 Å². The molecule has 0 amide bonds. The number of methoxy groups -OCH3 is 1. The van der Waals surface area contributed by atoms with Gasteiger partial charge in [-0.15, -0.1) is 0 Å². The molecule has 0 unspecified atom stereocenters. The fraction of sp³-hybridized carbons (Fsp3) is 0.222. The number of rotatable bonds is 2. The second kappa shape index (κ2) is 6.06. The third-order valence-corrected chi connectivity index (χ3v) is 1.49. The summed E-state index contributed by atoms with van der Waals surface area (Å²) in [6.07, 6.45) is 0.715. The summed E-state index contributed by atoms with van der Waals surface area (Å²) in [6.45, 7) is 0. The largest absolute Gasteiger partial charge is 0.504 e. The van der Waals surface area contributed by atoms with Gasteiger partial charge in [-0.25, -0.2) is 0 Å². The Balaban J connectivity index is 0.000000437. The predicted octanol–water partition coefficient (Wildman–Crippen LogP) is 0.189. The number of phenols is 1. The Bertz CT molecular complexity index is 490. The van der Waals surface area contributed by atoms with Crippen LogP contribution in [0.25, 0.3) is 0 Å². The zero-order valence-electron chi connectivity index (χ0n) is 9.34. The minimum atomic E-state index is -3.67. The normalized spacial score (nSPS) is 10.1. The molecule has 0 saturated carbocycles. The van der Waals surface area contributed by atoms with E-state index in [0.717, 1.165) is 0 Å². The molecule has 0 aliphatic heterocycles. The van der Waals surface area contributed by atoms with Crippen LogP contribution in [-0.2, 0) is 10.1 Å². The van der Waals surface area contributed by atoms with Gasteiger partial charge < -0.3 is 15.6 Å². The summed E-state index contributed by atoms with van der Waals surface area (Å²) in [5, 5.41) is 16.3. The average Bonchev–Trinajstić information content (AvgIpc) is 2.15. The van der Waals surface area contributed by atoms with Gasteiger partial charge in [0, 0.05) is 5.56 Å². The van der Waals surface area contributed by atoms with Gasteiger partial charge in [-0.1, -0.05) is 0 Å². The number of ether oxygens (including phenoxy) is 1. The zero-order chi connectivity index (χ0) is 13.6. The average molecular weight is 262 g/mol. The highest BCUT2D eigenvalue weighted by Crippen LogP contribution is 2.25. The molecule has 96 valence electrons. The summed E-state index contributed by atoms with van der Waals surface area (Å²) in [5.74, 6) is 0.318. The van der Waals surface area contributed by atoms with Crippen LogP contribution in [0.3, 0.4) is 0 Å². The van der Waals surface area contributed by atoms with Crippen LogP contribution in [0.2, 0.25) is 0 Å². The van der Waals surface area contributed by atoms with Crippen molar-refractivity contribution < 1.29 is 22.8 Å². The molecule has 0 radical (unpaired) electrons. The van der Waals surface area contributed by atoms with Gasteiger partial charge in [-0.3, -0.25) is 9.96 Å². The van der Waals surface area contributed by atoms with Crippen molar-refractivity contribution in [1.82, 2.24) is 0 Å². The number of benzene rings is 1. The third-order valence-electron chi connectivity index (χ3n) is 1.49. The molecular weight excluding hydrogens is 248 g/mol. The summed E-state index contributed by atoms with van der Waals surface area (Å²) in [5.41, 5.74) is 5.77. The molecule has 8 heteroatoms. The van der Waals surface area contributed by atoms with E-state index >= 15 is 0 Å². The van der Waals surface area contributed by atoms with E-state index in [4.69, 9.17) is 20.4 Å². The maximum Gasteiger partial charge on any atom is 0.261 e. The first kappa shape index (κ1) is 15.2. The quantitative estimate of drug-likeness (QED) is 0.341. The fourth-order valence-corrected chi connectivity index (χ4v) is 0.845. The van der Waals surface area contributed by atoms with Crippen LogP contribution < -0.4 is 10.5 Å². The molecule has 0 saturated heterocycles. The Hall–Kier alpha value is -1.80. The van der Waals surface area contributed by atoms with Crippen LogP contribution in [0.15, 0.2) is 18.2 Å². The Kier molecular flexibility index (Phi) is 5.42. The lowest BCUT2D eigenvalue weighted by Gasteiger charge is -2.04. The molecule has 0 bridgehead atoms. The second-order valence-electron chi connectivity index (χ2n) is 3.03. The number of hydrogen-bond acceptors (Lipinski definition) is 5. The summed E-state index contributed by atoms with van der Waals surface area (Å²) in [7, 11) is -2.22. The first-order valence-corrected chi connectivity index (χ1v) is 6.14. The molecule has 0 fully saturated rings. The van der Waals surface area contributed by atoms with Gasteiger partial charge in [0.15, 0.2) is 11.5 Å². The van der Waals surface area contributed by atoms with Crippen LogP contribution in [0, 0.1) is 5.41 Å². The monoisotopic (exact) mass is 262 g/mol. The maximum atomic E-state index is 9.19. The lowest BCUT2D eigenvalue weighted by molar-refractivity contribution is 0.373. The zero-order valence-corrected chi connectivity index (χ0v) is 10.2. The van der Waals surface area contributed by atoms with E-state index in [9.17, 15) is 13.5 Å². The van der Waals surface area contributed by atoms with Crippen molar-refractivity contribution in [2.45, 2.75) is 0 Å². The van der Waals surface area contributed by atoms with Gasteiger partial charge in [-0.05, 0) is 18.2 Å². The van der Waals surface area contributed by atoms with E-state index in [1.807, 2.05) is 0 Å². The molecule has 0 atom stereocenters. The highest BCUT2D eigenvalue weighted by atomic mass is 32.2. The van der Waals surface area contributed by atoms with Crippen molar-refractivity contribution in [1.29, 1.82) is 5.41 Å². The Morgan fingerprint density at radius 3 is 2.29 bits per heavy atom. The standard InChI is InChI=1S/C8H10N2O2.CH4O3S/c1-12-7-4-5(8(9)10)2-3-6(7)11;1-5(2,3)4/h2-4,11H,1H3,(H3,9,10);1H3,(H,2,3,4). The summed E-state index contributed by atoms with van der Waals surface area (Å²) in [6, 6.07) is 4.51. The van der Waals surface area contributed by atoms with Crippen LogP contribution in [0.5, 0.6) is 11.5 Å². The SMILES string of the molecule is COc1cc(C(=N)N)ccc1O.CS(=O)(=O)O. The lowest BCUT2D eigenvalue weighted by Crippen LogP contribution is -2.10.